The fraction of sp³-hybridized carbons (Fsp3) is 0.889. The lowest BCUT2D eigenvalue weighted by atomic mass is 10.2. The van der Waals surface area contributed by atoms with Gasteiger partial charge in [0.15, 0.2) is 0 Å². The first kappa shape index (κ1) is 11.4. The summed E-state index contributed by atoms with van der Waals surface area (Å²) in [5, 5.41) is 5.89. The van der Waals surface area contributed by atoms with E-state index in [1.165, 1.54) is 0 Å². The van der Waals surface area contributed by atoms with Crippen molar-refractivity contribution < 1.29 is 6.22 Å². The molecule has 0 saturated carbocycles. The van der Waals surface area contributed by atoms with Crippen molar-refractivity contribution in [3.63, 3.8) is 0 Å². The highest BCUT2D eigenvalue weighted by Gasteiger charge is 2.01. The van der Waals surface area contributed by atoms with E-state index in [1.54, 1.807) is 0 Å². The Labute approximate surface area is 76.4 Å². The van der Waals surface area contributed by atoms with Gasteiger partial charge in [-0.3, -0.25) is 4.79 Å². The third-order valence-electron chi connectivity index (χ3n) is 1.29. The van der Waals surface area contributed by atoms with E-state index in [2.05, 4.69) is 24.5 Å². The number of rotatable bonds is 5. The summed E-state index contributed by atoms with van der Waals surface area (Å²) in [5.41, 5.74) is 0. The number of amides is 1. The van der Waals surface area contributed by atoms with Crippen molar-refractivity contribution in [3.8, 4) is 0 Å². The smallest absolute Gasteiger partial charge is 0.234 e. The standard InChI is InChI=1S/C9H20N2O.H2/c1-7(2)5-10-6-9(12)11-8(3)4;/h7-8,10H,5-6H2,1-4H3,(H,11,12);1H. The van der Waals surface area contributed by atoms with Gasteiger partial charge in [0.2, 0.25) is 5.91 Å². The lowest BCUT2D eigenvalue weighted by Crippen LogP contribution is -2.38. The fourth-order valence-corrected chi connectivity index (χ4v) is 0.847. The summed E-state index contributed by atoms with van der Waals surface area (Å²) >= 11 is 0. The van der Waals surface area contributed by atoms with E-state index in [1.807, 2.05) is 13.8 Å². The molecule has 12 heavy (non-hydrogen) atoms. The Kier molecular flexibility index (Phi) is 5.72. The van der Waals surface area contributed by atoms with Crippen molar-refractivity contribution in [2.24, 2.45) is 5.92 Å². The number of hydrogen-bond donors (Lipinski definition) is 2. The second-order valence-corrected chi connectivity index (χ2v) is 3.75. The minimum atomic E-state index is 0. The molecule has 2 N–H and O–H groups in total. The summed E-state index contributed by atoms with van der Waals surface area (Å²) in [7, 11) is 0. The van der Waals surface area contributed by atoms with E-state index >= 15 is 0 Å². The molecular formula is C9H22N2O. The van der Waals surface area contributed by atoms with Crippen LogP contribution in [0.15, 0.2) is 0 Å². The van der Waals surface area contributed by atoms with E-state index in [0.717, 1.165) is 6.54 Å². The summed E-state index contributed by atoms with van der Waals surface area (Å²) in [4.78, 5) is 11.1. The molecule has 0 aromatic rings. The highest BCUT2D eigenvalue weighted by Crippen LogP contribution is 1.86. The van der Waals surface area contributed by atoms with Crippen LogP contribution in [0.4, 0.5) is 0 Å². The second kappa shape index (κ2) is 6.00. The quantitative estimate of drug-likeness (QED) is 0.653. The second-order valence-electron chi connectivity index (χ2n) is 3.75. The minimum Gasteiger partial charge on any atom is -0.353 e. The van der Waals surface area contributed by atoms with Gasteiger partial charge in [-0.05, 0) is 26.3 Å². The summed E-state index contributed by atoms with van der Waals surface area (Å²) in [6, 6.07) is 0.235. The van der Waals surface area contributed by atoms with Crippen LogP contribution in [0.5, 0.6) is 0 Å². The van der Waals surface area contributed by atoms with Crippen LogP contribution in [-0.2, 0) is 4.79 Å². The average molecular weight is 174 g/mol. The summed E-state index contributed by atoms with van der Waals surface area (Å²) < 4.78 is 0. The molecule has 74 valence electrons. The summed E-state index contributed by atoms with van der Waals surface area (Å²) in [5.74, 6) is 0.669. The van der Waals surface area contributed by atoms with Crippen molar-refractivity contribution in [2.75, 3.05) is 13.1 Å². The molecule has 0 unspecified atom stereocenters. The van der Waals surface area contributed by atoms with E-state index in [4.69, 9.17) is 0 Å². The number of carbonyl (C=O) groups excluding carboxylic acids is 1. The van der Waals surface area contributed by atoms with Crippen molar-refractivity contribution in [2.45, 2.75) is 33.7 Å². The maximum atomic E-state index is 11.1. The van der Waals surface area contributed by atoms with Crippen LogP contribution in [-0.4, -0.2) is 25.0 Å². The first-order valence-corrected chi connectivity index (χ1v) is 4.52. The Hall–Kier alpha value is -0.570. The predicted octanol–water partition coefficient (Wildman–Crippen LogP) is 1.00. The molecule has 1 amide bonds. The highest BCUT2D eigenvalue weighted by molar-refractivity contribution is 5.78. The molecule has 0 spiro atoms. The molecule has 0 aliphatic carbocycles. The lowest BCUT2D eigenvalue weighted by molar-refractivity contribution is -0.120. The van der Waals surface area contributed by atoms with Crippen LogP contribution in [0.2, 0.25) is 0 Å². The molecular weight excluding hydrogens is 152 g/mol. The predicted molar refractivity (Wildman–Crippen MR) is 53.1 cm³/mol. The van der Waals surface area contributed by atoms with Gasteiger partial charge in [0.25, 0.3) is 0 Å². The van der Waals surface area contributed by atoms with Gasteiger partial charge >= 0.3 is 0 Å². The van der Waals surface area contributed by atoms with E-state index in [0.29, 0.717) is 12.5 Å². The van der Waals surface area contributed by atoms with Crippen LogP contribution in [0.1, 0.15) is 29.1 Å². The molecule has 0 rings (SSSR count). The normalized spacial score (nSPS) is 10.8. The Morgan fingerprint density at radius 2 is 1.92 bits per heavy atom. The zero-order chi connectivity index (χ0) is 9.56. The van der Waals surface area contributed by atoms with Gasteiger partial charge < -0.3 is 10.6 Å². The van der Waals surface area contributed by atoms with Gasteiger partial charge in [0.05, 0.1) is 6.54 Å². The van der Waals surface area contributed by atoms with Gasteiger partial charge in [-0.15, -0.1) is 0 Å². The Morgan fingerprint density at radius 3 is 2.33 bits per heavy atom. The lowest BCUT2D eigenvalue weighted by Gasteiger charge is -2.10. The minimum absolute atomic E-state index is 0. The van der Waals surface area contributed by atoms with Crippen LogP contribution >= 0.6 is 0 Å². The summed E-state index contributed by atoms with van der Waals surface area (Å²) in [6.07, 6.45) is 0. The fourth-order valence-electron chi connectivity index (χ4n) is 0.847. The Morgan fingerprint density at radius 1 is 1.33 bits per heavy atom. The van der Waals surface area contributed by atoms with E-state index in [9.17, 15) is 4.79 Å². The van der Waals surface area contributed by atoms with Gasteiger partial charge in [-0.1, -0.05) is 13.8 Å². The highest BCUT2D eigenvalue weighted by atomic mass is 16.1. The van der Waals surface area contributed by atoms with Crippen LogP contribution in [0, 0.1) is 5.92 Å². The third kappa shape index (κ3) is 7.54. The van der Waals surface area contributed by atoms with Gasteiger partial charge in [-0.25, -0.2) is 0 Å². The van der Waals surface area contributed by atoms with Gasteiger partial charge in [0.1, 0.15) is 0 Å². The zero-order valence-electron chi connectivity index (χ0n) is 8.48. The molecule has 0 saturated heterocycles. The average Bonchev–Trinajstić information content (AvgIpc) is 1.84. The zero-order valence-corrected chi connectivity index (χ0v) is 8.48. The Bertz CT molecular complexity index is 138. The summed E-state index contributed by atoms with van der Waals surface area (Å²) in [6.45, 7) is 9.48. The van der Waals surface area contributed by atoms with E-state index < -0.39 is 0 Å². The number of nitrogens with one attached hydrogen (secondary N) is 2. The molecule has 0 bridgehead atoms. The molecule has 0 aliphatic heterocycles. The maximum absolute atomic E-state index is 11.1. The molecule has 3 heteroatoms. The first-order valence-electron chi connectivity index (χ1n) is 4.52. The van der Waals surface area contributed by atoms with Gasteiger partial charge in [-0.2, -0.15) is 0 Å². The van der Waals surface area contributed by atoms with Crippen LogP contribution < -0.4 is 10.6 Å². The van der Waals surface area contributed by atoms with E-state index in [-0.39, 0.29) is 13.4 Å². The Balaban J connectivity index is 0. The van der Waals surface area contributed by atoms with Crippen LogP contribution in [0.3, 0.4) is 0 Å². The molecule has 0 radical (unpaired) electrons. The van der Waals surface area contributed by atoms with Crippen molar-refractivity contribution in [1.82, 2.24) is 10.6 Å². The molecule has 0 aromatic heterocycles. The van der Waals surface area contributed by atoms with Crippen molar-refractivity contribution >= 4 is 5.91 Å². The molecule has 0 aliphatic rings. The molecule has 0 fully saturated rings. The van der Waals surface area contributed by atoms with Crippen LogP contribution in [0.25, 0.3) is 0 Å². The SMILES string of the molecule is CC(C)CNCC(=O)NC(C)C.[HH]. The third-order valence-corrected chi connectivity index (χ3v) is 1.29. The molecule has 0 atom stereocenters. The number of carbonyl (C=O) groups is 1. The molecule has 0 aromatic carbocycles. The van der Waals surface area contributed by atoms with Crippen molar-refractivity contribution in [1.29, 1.82) is 0 Å². The topological polar surface area (TPSA) is 41.1 Å². The number of hydrogen-bond acceptors (Lipinski definition) is 2. The van der Waals surface area contributed by atoms with Crippen molar-refractivity contribution in [3.05, 3.63) is 0 Å². The molecule has 0 heterocycles. The largest absolute Gasteiger partial charge is 0.353 e. The van der Waals surface area contributed by atoms with Gasteiger partial charge in [0, 0.05) is 7.47 Å². The molecule has 3 nitrogen and oxygen atoms in total. The first-order chi connectivity index (χ1) is 5.52. The maximum Gasteiger partial charge on any atom is 0.234 e. The monoisotopic (exact) mass is 174 g/mol.